The number of hydrogen-bond acceptors (Lipinski definition) is 2. The average Bonchev–Trinajstić information content (AvgIpc) is 2.14. The lowest BCUT2D eigenvalue weighted by molar-refractivity contribution is -0.137. The van der Waals surface area contributed by atoms with Crippen LogP contribution < -0.4 is 0 Å². The lowest BCUT2D eigenvalue weighted by Crippen LogP contribution is -2.52. The van der Waals surface area contributed by atoms with E-state index in [9.17, 15) is 13.6 Å². The second-order valence-electron chi connectivity index (χ2n) is 4.77. The van der Waals surface area contributed by atoms with Crippen LogP contribution in [0.15, 0.2) is 0 Å². The first-order valence-corrected chi connectivity index (χ1v) is 5.69. The summed E-state index contributed by atoms with van der Waals surface area (Å²) in [6, 6.07) is 0.332. The third kappa shape index (κ3) is 4.04. The third-order valence-corrected chi connectivity index (χ3v) is 2.90. The van der Waals surface area contributed by atoms with E-state index in [0.29, 0.717) is 19.1 Å². The summed E-state index contributed by atoms with van der Waals surface area (Å²) in [7, 11) is 0. The normalized spacial score (nSPS) is 19.6. The predicted molar refractivity (Wildman–Crippen MR) is 58.5 cm³/mol. The molecule has 0 aromatic carbocycles. The molecule has 0 atom stereocenters. The van der Waals surface area contributed by atoms with Crippen LogP contribution in [0.25, 0.3) is 0 Å². The van der Waals surface area contributed by atoms with Gasteiger partial charge in [-0.1, -0.05) is 0 Å². The van der Waals surface area contributed by atoms with Crippen LogP contribution in [0.2, 0.25) is 0 Å². The Balaban J connectivity index is 2.39. The predicted octanol–water partition coefficient (Wildman–Crippen LogP) is 1.58. The van der Waals surface area contributed by atoms with Crippen molar-refractivity contribution in [2.75, 3.05) is 26.2 Å². The number of nitrogens with zero attached hydrogens (tertiary/aromatic N) is 2. The summed E-state index contributed by atoms with van der Waals surface area (Å²) in [5.41, 5.74) is 0. The Morgan fingerprint density at radius 3 is 2.44 bits per heavy atom. The molecule has 1 amide bonds. The summed E-state index contributed by atoms with van der Waals surface area (Å²) in [6.07, 6.45) is -0.250. The van der Waals surface area contributed by atoms with Crippen molar-refractivity contribution in [3.63, 3.8) is 0 Å². The van der Waals surface area contributed by atoms with Gasteiger partial charge in [0.15, 0.2) is 0 Å². The third-order valence-electron chi connectivity index (χ3n) is 2.90. The van der Waals surface area contributed by atoms with Crippen LogP contribution in [0.1, 0.15) is 27.2 Å². The molecule has 0 aromatic heterocycles. The quantitative estimate of drug-likeness (QED) is 0.737. The van der Waals surface area contributed by atoms with Crippen molar-refractivity contribution in [3.8, 4) is 0 Å². The van der Waals surface area contributed by atoms with Gasteiger partial charge in [0.1, 0.15) is 0 Å². The van der Waals surface area contributed by atoms with Gasteiger partial charge in [-0.3, -0.25) is 9.69 Å². The van der Waals surface area contributed by atoms with E-state index in [0.717, 1.165) is 13.5 Å². The van der Waals surface area contributed by atoms with Crippen LogP contribution >= 0.6 is 0 Å². The number of hydrogen-bond donors (Lipinski definition) is 0. The standard InChI is InChI=1S/C11H20F2N2O/c1-9(2)15-7-6-14(10(16)8-15)5-4-11(3,12)13/h9H,4-8H2,1-3H3. The van der Waals surface area contributed by atoms with Crippen molar-refractivity contribution >= 4 is 5.91 Å². The first kappa shape index (κ1) is 13.4. The molecule has 3 nitrogen and oxygen atoms in total. The molecule has 1 rings (SSSR count). The topological polar surface area (TPSA) is 23.6 Å². The molecule has 0 aromatic rings. The van der Waals surface area contributed by atoms with Crippen LogP contribution in [0.5, 0.6) is 0 Å². The number of piperazine rings is 1. The van der Waals surface area contributed by atoms with Crippen molar-refractivity contribution in [1.29, 1.82) is 0 Å². The zero-order chi connectivity index (χ0) is 12.3. The highest BCUT2D eigenvalue weighted by atomic mass is 19.3. The molecular formula is C11H20F2N2O. The average molecular weight is 234 g/mol. The Hall–Kier alpha value is -0.710. The summed E-state index contributed by atoms with van der Waals surface area (Å²) in [5.74, 6) is -2.72. The monoisotopic (exact) mass is 234 g/mol. The van der Waals surface area contributed by atoms with Gasteiger partial charge in [0.2, 0.25) is 11.8 Å². The number of carbonyl (C=O) groups excluding carboxylic acids is 1. The van der Waals surface area contributed by atoms with E-state index in [1.54, 1.807) is 0 Å². The Morgan fingerprint density at radius 2 is 2.00 bits per heavy atom. The first-order chi connectivity index (χ1) is 7.29. The number of rotatable bonds is 4. The molecule has 1 saturated heterocycles. The van der Waals surface area contributed by atoms with E-state index in [2.05, 4.69) is 4.90 Å². The fraction of sp³-hybridized carbons (Fsp3) is 0.909. The molecule has 1 aliphatic heterocycles. The van der Waals surface area contributed by atoms with Gasteiger partial charge >= 0.3 is 0 Å². The van der Waals surface area contributed by atoms with Gasteiger partial charge in [0.05, 0.1) is 6.54 Å². The number of alkyl halides is 2. The van der Waals surface area contributed by atoms with Crippen molar-refractivity contribution in [3.05, 3.63) is 0 Å². The molecule has 16 heavy (non-hydrogen) atoms. The fourth-order valence-electron chi connectivity index (χ4n) is 1.74. The molecule has 0 unspecified atom stereocenters. The molecule has 0 N–H and O–H groups in total. The summed E-state index contributed by atoms with van der Waals surface area (Å²) in [4.78, 5) is 15.3. The van der Waals surface area contributed by atoms with Gasteiger partial charge < -0.3 is 4.90 Å². The fourth-order valence-corrected chi connectivity index (χ4v) is 1.74. The highest BCUT2D eigenvalue weighted by Gasteiger charge is 2.28. The molecule has 0 spiro atoms. The minimum absolute atomic E-state index is 0.0378. The smallest absolute Gasteiger partial charge is 0.247 e. The second kappa shape index (κ2) is 5.08. The minimum Gasteiger partial charge on any atom is -0.340 e. The molecule has 5 heteroatoms. The molecular weight excluding hydrogens is 214 g/mol. The Kier molecular flexibility index (Phi) is 4.24. The highest BCUT2D eigenvalue weighted by Crippen LogP contribution is 2.18. The second-order valence-corrected chi connectivity index (χ2v) is 4.77. The van der Waals surface area contributed by atoms with E-state index in [-0.39, 0.29) is 18.9 Å². The van der Waals surface area contributed by atoms with E-state index >= 15 is 0 Å². The highest BCUT2D eigenvalue weighted by molar-refractivity contribution is 5.79. The number of halogens is 2. The SMILES string of the molecule is CC(C)N1CCN(CCC(C)(F)F)C(=O)C1. The van der Waals surface area contributed by atoms with Crippen molar-refractivity contribution in [1.82, 2.24) is 9.80 Å². The molecule has 94 valence electrons. The van der Waals surface area contributed by atoms with Crippen LogP contribution in [-0.4, -0.2) is 53.9 Å². The molecule has 0 saturated carbocycles. The van der Waals surface area contributed by atoms with E-state index in [1.165, 1.54) is 4.90 Å². The maximum absolute atomic E-state index is 12.7. The van der Waals surface area contributed by atoms with Gasteiger partial charge in [0.25, 0.3) is 0 Å². The maximum atomic E-state index is 12.7. The van der Waals surface area contributed by atoms with Crippen molar-refractivity contribution < 1.29 is 13.6 Å². The van der Waals surface area contributed by atoms with Crippen LogP contribution in [0.4, 0.5) is 8.78 Å². The van der Waals surface area contributed by atoms with E-state index in [1.807, 2.05) is 13.8 Å². The largest absolute Gasteiger partial charge is 0.340 e. The Labute approximate surface area is 95.4 Å². The van der Waals surface area contributed by atoms with Gasteiger partial charge in [-0.05, 0) is 20.8 Å². The van der Waals surface area contributed by atoms with Crippen LogP contribution in [-0.2, 0) is 4.79 Å². The first-order valence-electron chi connectivity index (χ1n) is 5.69. The Bertz CT molecular complexity index is 251. The molecule has 0 radical (unpaired) electrons. The zero-order valence-electron chi connectivity index (χ0n) is 10.2. The van der Waals surface area contributed by atoms with E-state index < -0.39 is 5.92 Å². The van der Waals surface area contributed by atoms with Gasteiger partial charge in [0, 0.05) is 32.1 Å². The van der Waals surface area contributed by atoms with Gasteiger partial charge in [-0.25, -0.2) is 8.78 Å². The van der Waals surface area contributed by atoms with Gasteiger partial charge in [-0.15, -0.1) is 0 Å². The molecule has 0 bridgehead atoms. The summed E-state index contributed by atoms with van der Waals surface area (Å²) in [6.45, 7) is 6.81. The molecule has 1 heterocycles. The lowest BCUT2D eigenvalue weighted by Gasteiger charge is -2.36. The molecule has 0 aliphatic carbocycles. The maximum Gasteiger partial charge on any atom is 0.247 e. The minimum atomic E-state index is -2.69. The summed E-state index contributed by atoms with van der Waals surface area (Å²) < 4.78 is 25.3. The molecule has 1 fully saturated rings. The lowest BCUT2D eigenvalue weighted by atomic mass is 10.2. The molecule has 1 aliphatic rings. The van der Waals surface area contributed by atoms with Gasteiger partial charge in [-0.2, -0.15) is 0 Å². The van der Waals surface area contributed by atoms with Crippen molar-refractivity contribution in [2.24, 2.45) is 0 Å². The van der Waals surface area contributed by atoms with Crippen LogP contribution in [0.3, 0.4) is 0 Å². The summed E-state index contributed by atoms with van der Waals surface area (Å²) in [5, 5.41) is 0. The van der Waals surface area contributed by atoms with Crippen LogP contribution in [0, 0.1) is 0 Å². The van der Waals surface area contributed by atoms with E-state index in [4.69, 9.17) is 0 Å². The summed E-state index contributed by atoms with van der Waals surface area (Å²) >= 11 is 0. The Morgan fingerprint density at radius 1 is 1.38 bits per heavy atom. The zero-order valence-corrected chi connectivity index (χ0v) is 10.2. The number of carbonyl (C=O) groups is 1. The van der Waals surface area contributed by atoms with Crippen molar-refractivity contribution in [2.45, 2.75) is 39.2 Å². The number of amides is 1.